The number of fused-ring (bicyclic) bond motifs is 1. The maximum Gasteiger partial charge on any atom is 0.491 e. The molecular formula is C29H33F3N4O4. The molecule has 0 radical (unpaired) electrons. The lowest BCUT2D eigenvalue weighted by atomic mass is 9.84. The van der Waals surface area contributed by atoms with Crippen molar-refractivity contribution in [2.75, 3.05) is 25.0 Å². The minimum absolute atomic E-state index is 0.0471. The summed E-state index contributed by atoms with van der Waals surface area (Å²) in [4.78, 5) is 44.0. The van der Waals surface area contributed by atoms with Gasteiger partial charge in [-0.25, -0.2) is 9.78 Å². The number of pyridine rings is 1. The van der Waals surface area contributed by atoms with E-state index in [2.05, 4.69) is 9.72 Å². The number of ketones is 1. The van der Waals surface area contributed by atoms with Gasteiger partial charge in [0.2, 0.25) is 0 Å². The molecule has 1 aromatic carbocycles. The van der Waals surface area contributed by atoms with Crippen LogP contribution in [-0.4, -0.2) is 59.8 Å². The Kier molecular flexibility index (Phi) is 8.05. The zero-order chi connectivity index (χ0) is 29.4. The number of hydrogen-bond donors (Lipinski definition) is 1. The number of rotatable bonds is 9. The van der Waals surface area contributed by atoms with E-state index in [1.807, 2.05) is 49.9 Å². The summed E-state index contributed by atoms with van der Waals surface area (Å²) in [5.41, 5.74) is 4.45. The normalized spacial score (nSPS) is 15.2. The van der Waals surface area contributed by atoms with Gasteiger partial charge < -0.3 is 14.5 Å². The summed E-state index contributed by atoms with van der Waals surface area (Å²) in [5, 5.41) is 8.59. The second kappa shape index (κ2) is 11.0. The van der Waals surface area contributed by atoms with Gasteiger partial charge in [-0.3, -0.25) is 15.0 Å². The number of nitrogens with one attached hydrogen (secondary N) is 1. The van der Waals surface area contributed by atoms with Crippen molar-refractivity contribution < 1.29 is 32.3 Å². The molecule has 2 aliphatic rings. The molecule has 1 aliphatic heterocycles. The van der Waals surface area contributed by atoms with Crippen LogP contribution < -0.4 is 4.90 Å². The molecular weight excluding hydrogens is 525 g/mol. The van der Waals surface area contributed by atoms with Gasteiger partial charge in [-0.1, -0.05) is 26.8 Å². The number of carbonyl (C=O) groups is 3. The van der Waals surface area contributed by atoms with Gasteiger partial charge in [0.25, 0.3) is 0 Å². The third-order valence-corrected chi connectivity index (χ3v) is 7.08. The minimum atomic E-state index is -5.22. The topological polar surface area (TPSA) is 104 Å². The van der Waals surface area contributed by atoms with Crippen LogP contribution in [0.3, 0.4) is 0 Å². The third-order valence-electron chi connectivity index (χ3n) is 7.08. The summed E-state index contributed by atoms with van der Waals surface area (Å²) in [6.45, 7) is 6.83. The van der Waals surface area contributed by atoms with Crippen molar-refractivity contribution >= 4 is 29.2 Å². The standard InChI is InChI=1S/C29H33F3N4O4/c1-28(2,3)20-14-18(10-12-22(20)35(4)13-5-6-24(38)40-27(39)29(30,31)32)23(37)16-36-15-19-9-11-21(17-7-8-17)34-25(19)26(36)33/h9-12,14,17,33H,5-8,13,15-16H2,1-4H3. The van der Waals surface area contributed by atoms with Crippen molar-refractivity contribution in [2.45, 2.75) is 70.5 Å². The molecule has 11 heteroatoms. The molecule has 0 bridgehead atoms. The van der Waals surface area contributed by atoms with Crippen LogP contribution in [0.2, 0.25) is 0 Å². The number of aromatic nitrogens is 1. The van der Waals surface area contributed by atoms with Crippen molar-refractivity contribution in [3.05, 3.63) is 58.4 Å². The molecule has 1 aliphatic carbocycles. The van der Waals surface area contributed by atoms with Crippen LogP contribution in [0, 0.1) is 5.41 Å². The zero-order valence-corrected chi connectivity index (χ0v) is 23.0. The molecule has 0 saturated heterocycles. The molecule has 1 aromatic heterocycles. The highest BCUT2D eigenvalue weighted by molar-refractivity contribution is 6.04. The maximum atomic E-state index is 13.3. The minimum Gasteiger partial charge on any atom is -0.386 e. The van der Waals surface area contributed by atoms with Crippen LogP contribution in [-0.2, 0) is 26.3 Å². The summed E-state index contributed by atoms with van der Waals surface area (Å²) >= 11 is 0. The quantitative estimate of drug-likeness (QED) is 0.259. The van der Waals surface area contributed by atoms with Crippen molar-refractivity contribution in [2.24, 2.45) is 0 Å². The molecule has 0 atom stereocenters. The lowest BCUT2D eigenvalue weighted by molar-refractivity contribution is -0.201. The van der Waals surface area contributed by atoms with E-state index in [0.717, 1.165) is 35.3 Å². The molecule has 4 rings (SSSR count). The summed E-state index contributed by atoms with van der Waals surface area (Å²) in [7, 11) is 1.78. The van der Waals surface area contributed by atoms with Crippen molar-refractivity contribution in [3.8, 4) is 0 Å². The van der Waals surface area contributed by atoms with Crippen LogP contribution in [0.5, 0.6) is 0 Å². The molecule has 2 heterocycles. The molecule has 40 heavy (non-hydrogen) atoms. The van der Waals surface area contributed by atoms with Gasteiger partial charge in [0, 0.05) is 55.0 Å². The summed E-state index contributed by atoms with van der Waals surface area (Å²) in [5.74, 6) is -3.14. The maximum absolute atomic E-state index is 13.3. The molecule has 0 amide bonds. The Morgan fingerprint density at radius 2 is 1.82 bits per heavy atom. The average Bonchev–Trinajstić information content (AvgIpc) is 3.67. The van der Waals surface area contributed by atoms with Crippen molar-refractivity contribution in [1.29, 1.82) is 5.41 Å². The molecule has 0 unspecified atom stereocenters. The monoisotopic (exact) mass is 558 g/mol. The van der Waals surface area contributed by atoms with Crippen LogP contribution in [0.1, 0.15) is 85.2 Å². The highest BCUT2D eigenvalue weighted by Gasteiger charge is 2.42. The molecule has 2 aromatic rings. The number of nitrogens with zero attached hydrogens (tertiary/aromatic N) is 3. The lowest BCUT2D eigenvalue weighted by Gasteiger charge is -2.29. The first-order chi connectivity index (χ1) is 18.6. The number of amidine groups is 1. The van der Waals surface area contributed by atoms with Crippen LogP contribution in [0.15, 0.2) is 30.3 Å². The molecule has 1 fully saturated rings. The predicted octanol–water partition coefficient (Wildman–Crippen LogP) is 5.13. The van der Waals surface area contributed by atoms with E-state index in [9.17, 15) is 27.6 Å². The van der Waals surface area contributed by atoms with Gasteiger partial charge in [0.1, 0.15) is 11.5 Å². The lowest BCUT2D eigenvalue weighted by Crippen LogP contribution is -2.31. The fourth-order valence-corrected chi connectivity index (χ4v) is 4.71. The molecule has 1 saturated carbocycles. The third kappa shape index (κ3) is 6.68. The number of hydrogen-bond acceptors (Lipinski definition) is 7. The average molecular weight is 559 g/mol. The Morgan fingerprint density at radius 3 is 2.45 bits per heavy atom. The van der Waals surface area contributed by atoms with E-state index in [-0.39, 0.29) is 36.4 Å². The second-order valence-corrected chi connectivity index (χ2v) is 11.4. The largest absolute Gasteiger partial charge is 0.491 e. The highest BCUT2D eigenvalue weighted by atomic mass is 19.4. The predicted molar refractivity (Wildman–Crippen MR) is 143 cm³/mol. The zero-order valence-electron chi connectivity index (χ0n) is 23.0. The fraction of sp³-hybridized carbons (Fsp3) is 0.483. The number of anilines is 1. The number of Topliss-reactive ketones (excluding diaryl/α,β-unsaturated/α-hetero) is 1. The van der Waals surface area contributed by atoms with Gasteiger partial charge in [0.05, 0.1) is 6.54 Å². The summed E-state index contributed by atoms with van der Waals surface area (Å²) < 4.78 is 40.7. The molecule has 1 N–H and O–H groups in total. The number of halogens is 3. The van der Waals surface area contributed by atoms with E-state index in [1.54, 1.807) is 18.0 Å². The first kappa shape index (κ1) is 29.2. The van der Waals surface area contributed by atoms with E-state index in [0.29, 0.717) is 30.3 Å². The molecule has 214 valence electrons. The van der Waals surface area contributed by atoms with Gasteiger partial charge in [0.15, 0.2) is 5.78 Å². The van der Waals surface area contributed by atoms with Gasteiger partial charge in [-0.2, -0.15) is 13.2 Å². The smallest absolute Gasteiger partial charge is 0.386 e. The van der Waals surface area contributed by atoms with Gasteiger partial charge in [-0.05, 0) is 54.5 Å². The van der Waals surface area contributed by atoms with E-state index in [1.165, 1.54) is 0 Å². The van der Waals surface area contributed by atoms with Crippen LogP contribution in [0.4, 0.5) is 18.9 Å². The Labute approximate surface area is 231 Å². The van der Waals surface area contributed by atoms with Crippen LogP contribution in [0.25, 0.3) is 0 Å². The summed E-state index contributed by atoms with van der Waals surface area (Å²) in [6.07, 6.45) is -3.16. The van der Waals surface area contributed by atoms with E-state index in [4.69, 9.17) is 5.41 Å². The first-order valence-corrected chi connectivity index (χ1v) is 13.2. The Hall–Kier alpha value is -3.76. The Morgan fingerprint density at radius 1 is 1.12 bits per heavy atom. The molecule has 8 nitrogen and oxygen atoms in total. The van der Waals surface area contributed by atoms with Crippen LogP contribution >= 0.6 is 0 Å². The van der Waals surface area contributed by atoms with E-state index < -0.39 is 18.1 Å². The van der Waals surface area contributed by atoms with Gasteiger partial charge >= 0.3 is 18.1 Å². The number of ether oxygens (including phenoxy) is 1. The van der Waals surface area contributed by atoms with Crippen molar-refractivity contribution in [3.63, 3.8) is 0 Å². The highest BCUT2D eigenvalue weighted by Crippen LogP contribution is 2.40. The number of alkyl halides is 3. The Bertz CT molecular complexity index is 1350. The van der Waals surface area contributed by atoms with Gasteiger partial charge in [-0.15, -0.1) is 0 Å². The fourth-order valence-electron chi connectivity index (χ4n) is 4.71. The van der Waals surface area contributed by atoms with E-state index >= 15 is 0 Å². The number of esters is 2. The van der Waals surface area contributed by atoms with Crippen molar-refractivity contribution in [1.82, 2.24) is 9.88 Å². The first-order valence-electron chi connectivity index (χ1n) is 13.2. The summed E-state index contributed by atoms with van der Waals surface area (Å²) in [6, 6.07) is 9.39. The Balaban J connectivity index is 1.40. The number of benzene rings is 1. The second-order valence-electron chi connectivity index (χ2n) is 11.4. The SMILES string of the molecule is CN(CCCC(=O)OC(=O)C(F)(F)F)c1ccc(C(=O)CN2Cc3ccc(C4CC4)nc3C2=N)cc1C(C)(C)C. The number of carbonyl (C=O) groups excluding carboxylic acids is 3. The molecule has 0 spiro atoms.